The van der Waals surface area contributed by atoms with Gasteiger partial charge >= 0.3 is 6.18 Å². The Morgan fingerprint density at radius 1 is 0.758 bits per heavy atom. The van der Waals surface area contributed by atoms with Crippen LogP contribution in [0.4, 0.5) is 17.6 Å². The van der Waals surface area contributed by atoms with Crippen LogP contribution in [-0.2, 0) is 16.2 Å². The molecule has 174 valence electrons. The van der Waals surface area contributed by atoms with Gasteiger partial charge in [0.15, 0.2) is 0 Å². The van der Waals surface area contributed by atoms with Crippen LogP contribution in [0.25, 0.3) is 0 Å². The van der Waals surface area contributed by atoms with Crippen LogP contribution < -0.4 is 0 Å². The third-order valence-electron chi connectivity index (χ3n) is 5.74. The molecule has 1 saturated heterocycles. The molecule has 9 heteroatoms. The number of nitrogens with zero attached hydrogens (tertiary/aromatic N) is 2. The molecule has 1 aliphatic heterocycles. The number of alkyl halides is 3. The van der Waals surface area contributed by atoms with Crippen molar-refractivity contribution in [3.05, 3.63) is 101 Å². The smallest absolute Gasteiger partial charge is 0.290 e. The first-order valence-electron chi connectivity index (χ1n) is 10.4. The molecule has 4 nitrogen and oxygen atoms in total. The molecule has 0 bridgehead atoms. The molecule has 0 spiro atoms. The fraction of sp³-hybridized carbons (Fsp3) is 0.250. The topological polar surface area (TPSA) is 40.6 Å². The predicted octanol–water partition coefficient (Wildman–Crippen LogP) is 4.94. The number of piperazine rings is 1. The predicted molar refractivity (Wildman–Crippen MR) is 116 cm³/mol. The lowest BCUT2D eigenvalue weighted by molar-refractivity contribution is -0.137. The van der Waals surface area contributed by atoms with Crippen molar-refractivity contribution < 1.29 is 26.0 Å². The fourth-order valence-corrected chi connectivity index (χ4v) is 5.55. The molecule has 3 aromatic carbocycles. The van der Waals surface area contributed by atoms with Gasteiger partial charge in [-0.2, -0.15) is 17.5 Å². The molecule has 4 rings (SSSR count). The van der Waals surface area contributed by atoms with E-state index in [1.807, 2.05) is 30.3 Å². The van der Waals surface area contributed by atoms with Gasteiger partial charge in [-0.05, 0) is 41.5 Å². The third kappa shape index (κ3) is 5.10. The Morgan fingerprint density at radius 2 is 1.36 bits per heavy atom. The largest absolute Gasteiger partial charge is 0.416 e. The van der Waals surface area contributed by atoms with Crippen LogP contribution in [0.5, 0.6) is 0 Å². The summed E-state index contributed by atoms with van der Waals surface area (Å²) in [7, 11) is -4.07. The Labute approximate surface area is 190 Å². The van der Waals surface area contributed by atoms with Crippen molar-refractivity contribution in [2.75, 3.05) is 26.2 Å². The summed E-state index contributed by atoms with van der Waals surface area (Å²) >= 11 is 0. The van der Waals surface area contributed by atoms with Crippen molar-refractivity contribution in [1.29, 1.82) is 0 Å². The molecule has 1 fully saturated rings. The highest BCUT2D eigenvalue weighted by Crippen LogP contribution is 2.33. The summed E-state index contributed by atoms with van der Waals surface area (Å²) in [5, 5.41) is 0. The normalized spacial score (nSPS) is 17.1. The van der Waals surface area contributed by atoms with Gasteiger partial charge in [0.2, 0.25) is 10.0 Å². The molecule has 0 N–H and O–H groups in total. The highest BCUT2D eigenvalue weighted by molar-refractivity contribution is 7.89. The van der Waals surface area contributed by atoms with Crippen molar-refractivity contribution in [3.8, 4) is 0 Å². The first-order chi connectivity index (χ1) is 15.7. The van der Waals surface area contributed by atoms with Crippen LogP contribution >= 0.6 is 0 Å². The minimum Gasteiger partial charge on any atom is -0.290 e. The number of hydrogen-bond acceptors (Lipinski definition) is 3. The lowest BCUT2D eigenvalue weighted by Crippen LogP contribution is -2.49. The highest BCUT2D eigenvalue weighted by Gasteiger charge is 2.35. The first-order valence-corrected chi connectivity index (χ1v) is 11.8. The Balaban J connectivity index is 1.56. The molecular weight excluding hydrogens is 456 g/mol. The summed E-state index contributed by atoms with van der Waals surface area (Å²) in [6.07, 6.45) is -4.62. The maximum atomic E-state index is 13.5. The van der Waals surface area contributed by atoms with E-state index in [1.165, 1.54) is 22.5 Å². The molecule has 0 saturated carbocycles. The van der Waals surface area contributed by atoms with E-state index in [0.717, 1.165) is 23.3 Å². The van der Waals surface area contributed by atoms with E-state index in [4.69, 9.17) is 0 Å². The molecule has 0 aliphatic carbocycles. The second-order valence-electron chi connectivity index (χ2n) is 7.83. The number of rotatable bonds is 5. The zero-order valence-electron chi connectivity index (χ0n) is 17.5. The quantitative estimate of drug-likeness (QED) is 0.488. The molecule has 1 heterocycles. The summed E-state index contributed by atoms with van der Waals surface area (Å²) < 4.78 is 79.9. The molecular formula is C24H22F4N2O2S. The van der Waals surface area contributed by atoms with Crippen LogP contribution in [0.15, 0.2) is 83.8 Å². The second kappa shape index (κ2) is 9.24. The lowest BCUT2D eigenvalue weighted by atomic mass is 9.96. The van der Waals surface area contributed by atoms with Gasteiger partial charge in [-0.25, -0.2) is 12.8 Å². The fourth-order valence-electron chi connectivity index (χ4n) is 4.08. The van der Waals surface area contributed by atoms with Gasteiger partial charge in [-0.15, -0.1) is 0 Å². The Morgan fingerprint density at radius 3 is 1.97 bits per heavy atom. The Bertz CT molecular complexity index is 1190. The number of benzene rings is 3. The molecule has 1 atom stereocenters. The molecule has 0 aromatic heterocycles. The van der Waals surface area contributed by atoms with Crippen LogP contribution in [0.3, 0.4) is 0 Å². The van der Waals surface area contributed by atoms with Crippen LogP contribution in [0, 0.1) is 5.82 Å². The SMILES string of the molecule is O=S(=O)(c1cccc(C(F)(F)F)c1)N1CCN([C@@H](c2ccccc2)c2ccc(F)cc2)CC1. The highest BCUT2D eigenvalue weighted by atomic mass is 32.2. The average Bonchev–Trinajstić information content (AvgIpc) is 2.81. The van der Waals surface area contributed by atoms with Gasteiger partial charge in [-0.3, -0.25) is 4.90 Å². The number of hydrogen-bond donors (Lipinski definition) is 0. The summed E-state index contributed by atoms with van der Waals surface area (Å²) in [4.78, 5) is 1.73. The minimum absolute atomic E-state index is 0.128. The number of sulfonamides is 1. The summed E-state index contributed by atoms with van der Waals surface area (Å²) in [6.45, 7) is 0.996. The van der Waals surface area contributed by atoms with E-state index >= 15 is 0 Å². The van der Waals surface area contributed by atoms with Gasteiger partial charge in [0, 0.05) is 26.2 Å². The molecule has 33 heavy (non-hydrogen) atoms. The minimum atomic E-state index is -4.62. The summed E-state index contributed by atoms with van der Waals surface area (Å²) in [6, 6.07) is 19.4. The third-order valence-corrected chi connectivity index (χ3v) is 7.63. The summed E-state index contributed by atoms with van der Waals surface area (Å²) in [5.74, 6) is -0.345. The summed E-state index contributed by atoms with van der Waals surface area (Å²) in [5.41, 5.74) is 0.859. The van der Waals surface area contributed by atoms with Crippen LogP contribution in [0.1, 0.15) is 22.7 Å². The molecule has 0 radical (unpaired) electrons. The van der Waals surface area contributed by atoms with E-state index in [0.29, 0.717) is 19.2 Å². The van der Waals surface area contributed by atoms with E-state index in [1.54, 1.807) is 12.1 Å². The zero-order valence-corrected chi connectivity index (χ0v) is 18.4. The van der Waals surface area contributed by atoms with Gasteiger partial charge in [0.25, 0.3) is 0 Å². The first kappa shape index (κ1) is 23.4. The number of halogens is 4. The van der Waals surface area contributed by atoms with Crippen LogP contribution in [0.2, 0.25) is 0 Å². The maximum absolute atomic E-state index is 13.5. The maximum Gasteiger partial charge on any atom is 0.416 e. The monoisotopic (exact) mass is 478 g/mol. The van der Waals surface area contributed by atoms with Crippen molar-refractivity contribution in [3.63, 3.8) is 0 Å². The van der Waals surface area contributed by atoms with Crippen molar-refractivity contribution in [1.82, 2.24) is 9.21 Å². The molecule has 1 aliphatic rings. The van der Waals surface area contributed by atoms with E-state index in [9.17, 15) is 26.0 Å². The van der Waals surface area contributed by atoms with Gasteiger partial charge < -0.3 is 0 Å². The van der Waals surface area contributed by atoms with E-state index in [2.05, 4.69) is 4.90 Å². The zero-order chi connectivity index (χ0) is 23.6. The van der Waals surface area contributed by atoms with Crippen molar-refractivity contribution >= 4 is 10.0 Å². The second-order valence-corrected chi connectivity index (χ2v) is 9.77. The van der Waals surface area contributed by atoms with Crippen LogP contribution in [-0.4, -0.2) is 43.8 Å². The van der Waals surface area contributed by atoms with Crippen molar-refractivity contribution in [2.45, 2.75) is 17.1 Å². The standard InChI is InChI=1S/C24H22F4N2O2S/c25-21-11-9-19(10-12-21)23(18-5-2-1-3-6-18)29-13-15-30(16-14-29)33(31,32)22-8-4-7-20(17-22)24(26,27)28/h1-12,17,23H,13-16H2/t23-/m0/s1. The Kier molecular flexibility index (Phi) is 6.56. The van der Waals surface area contributed by atoms with Crippen molar-refractivity contribution in [2.24, 2.45) is 0 Å². The van der Waals surface area contributed by atoms with Gasteiger partial charge in [0.1, 0.15) is 5.82 Å². The van der Waals surface area contributed by atoms with E-state index < -0.39 is 21.8 Å². The Hall–Kier alpha value is -2.75. The van der Waals surface area contributed by atoms with E-state index in [-0.39, 0.29) is 29.8 Å². The molecule has 0 unspecified atom stereocenters. The molecule has 0 amide bonds. The van der Waals surface area contributed by atoms with Gasteiger partial charge in [-0.1, -0.05) is 48.5 Å². The van der Waals surface area contributed by atoms with Gasteiger partial charge in [0.05, 0.1) is 16.5 Å². The average molecular weight is 479 g/mol. The lowest BCUT2D eigenvalue weighted by Gasteiger charge is -2.39. The molecule has 3 aromatic rings.